The molecule has 0 amide bonds. The highest BCUT2D eigenvalue weighted by atomic mass is 35.5. The molecule has 3 heteroatoms. The van der Waals surface area contributed by atoms with Gasteiger partial charge >= 0.3 is 0 Å². The summed E-state index contributed by atoms with van der Waals surface area (Å²) in [5.74, 6) is 1.83. The number of aliphatic hydroxyl groups excluding tert-OH is 2. The molecule has 7 atom stereocenters. The zero-order chi connectivity index (χ0) is 20.4. The molecule has 0 saturated heterocycles. The highest BCUT2D eigenvalue weighted by Crippen LogP contribution is 2.65. The first-order chi connectivity index (χ1) is 13.8. The second-order valence-electron chi connectivity index (χ2n) is 10.5. The van der Waals surface area contributed by atoms with Crippen molar-refractivity contribution in [3.05, 3.63) is 52.1 Å². The standard InChI is InChI=1S/C26H33ClO2/c1-25-11-9-19(28)15-18(25)7-8-20-21(25)10-12-26(2)22(20)14-17(24(26)29)13-16-5-3-4-6-23(16)27/h3-7,13,19-22,24,28-29H,8-12,14-15H2,1-2H3/b17-13+/t19-,20+,21-,22+,24-,25-,26+/m0/s1. The summed E-state index contributed by atoms with van der Waals surface area (Å²) >= 11 is 6.40. The van der Waals surface area contributed by atoms with Crippen molar-refractivity contribution in [3.63, 3.8) is 0 Å². The molecular weight excluding hydrogens is 380 g/mol. The third kappa shape index (κ3) is 2.98. The van der Waals surface area contributed by atoms with Gasteiger partial charge in [-0.05, 0) is 85.3 Å². The third-order valence-corrected chi connectivity index (χ3v) is 9.54. The molecule has 5 rings (SSSR count). The fraction of sp³-hybridized carbons (Fsp3) is 0.615. The predicted molar refractivity (Wildman–Crippen MR) is 119 cm³/mol. The number of hydrogen-bond acceptors (Lipinski definition) is 2. The van der Waals surface area contributed by atoms with Crippen LogP contribution in [-0.2, 0) is 0 Å². The van der Waals surface area contributed by atoms with Crippen LogP contribution >= 0.6 is 11.6 Å². The molecule has 156 valence electrons. The lowest BCUT2D eigenvalue weighted by Crippen LogP contribution is -2.51. The highest BCUT2D eigenvalue weighted by molar-refractivity contribution is 6.32. The number of allylic oxidation sites excluding steroid dienone is 1. The van der Waals surface area contributed by atoms with Crippen molar-refractivity contribution in [3.8, 4) is 0 Å². The maximum atomic E-state index is 11.4. The Labute approximate surface area is 179 Å². The Morgan fingerprint density at radius 2 is 1.83 bits per heavy atom. The summed E-state index contributed by atoms with van der Waals surface area (Å²) in [4.78, 5) is 0. The van der Waals surface area contributed by atoms with E-state index < -0.39 is 0 Å². The van der Waals surface area contributed by atoms with Crippen LogP contribution in [0.2, 0.25) is 5.02 Å². The van der Waals surface area contributed by atoms with E-state index in [2.05, 4.69) is 26.0 Å². The summed E-state index contributed by atoms with van der Waals surface area (Å²) in [6, 6.07) is 7.93. The molecule has 3 fully saturated rings. The first kappa shape index (κ1) is 19.8. The van der Waals surface area contributed by atoms with Crippen molar-refractivity contribution >= 4 is 17.7 Å². The minimum Gasteiger partial charge on any atom is -0.393 e. The molecule has 3 saturated carbocycles. The van der Waals surface area contributed by atoms with Crippen molar-refractivity contribution in [2.45, 2.75) is 71.0 Å². The normalized spacial score (nSPS) is 45.3. The Morgan fingerprint density at radius 3 is 2.62 bits per heavy atom. The molecule has 0 unspecified atom stereocenters. The van der Waals surface area contributed by atoms with Crippen molar-refractivity contribution in [2.75, 3.05) is 0 Å². The van der Waals surface area contributed by atoms with Gasteiger partial charge in [-0.2, -0.15) is 0 Å². The van der Waals surface area contributed by atoms with E-state index in [0.29, 0.717) is 17.8 Å². The first-order valence-electron chi connectivity index (χ1n) is 11.3. The molecule has 4 aliphatic carbocycles. The summed E-state index contributed by atoms with van der Waals surface area (Å²) in [5, 5.41) is 22.3. The number of hydrogen-bond donors (Lipinski definition) is 2. The molecule has 1 aromatic carbocycles. The van der Waals surface area contributed by atoms with Crippen LogP contribution in [0.3, 0.4) is 0 Å². The molecule has 0 bridgehead atoms. The van der Waals surface area contributed by atoms with E-state index in [9.17, 15) is 10.2 Å². The Hall–Kier alpha value is -1.09. The number of fused-ring (bicyclic) bond motifs is 5. The average molecular weight is 413 g/mol. The van der Waals surface area contributed by atoms with Gasteiger partial charge in [0.2, 0.25) is 0 Å². The fourth-order valence-electron chi connectivity index (χ4n) is 7.43. The second-order valence-corrected chi connectivity index (χ2v) is 11.0. The van der Waals surface area contributed by atoms with Gasteiger partial charge in [0.1, 0.15) is 0 Å². The molecule has 4 aliphatic rings. The molecule has 1 aromatic rings. The van der Waals surface area contributed by atoms with Crippen LogP contribution in [0.4, 0.5) is 0 Å². The van der Waals surface area contributed by atoms with E-state index in [1.54, 1.807) is 0 Å². The average Bonchev–Trinajstić information content (AvgIpc) is 2.95. The van der Waals surface area contributed by atoms with Gasteiger partial charge in [0, 0.05) is 10.4 Å². The van der Waals surface area contributed by atoms with Gasteiger partial charge < -0.3 is 10.2 Å². The summed E-state index contributed by atoms with van der Waals surface area (Å²) in [5.41, 5.74) is 3.88. The van der Waals surface area contributed by atoms with Gasteiger partial charge in [-0.3, -0.25) is 0 Å². The zero-order valence-electron chi connectivity index (χ0n) is 17.6. The van der Waals surface area contributed by atoms with Gasteiger partial charge in [0.15, 0.2) is 0 Å². The van der Waals surface area contributed by atoms with Gasteiger partial charge in [-0.1, -0.05) is 61.4 Å². The van der Waals surface area contributed by atoms with E-state index in [1.807, 2.05) is 24.3 Å². The molecule has 0 aromatic heterocycles. The molecule has 0 heterocycles. The minimum absolute atomic E-state index is 0.0376. The molecule has 29 heavy (non-hydrogen) atoms. The summed E-state index contributed by atoms with van der Waals surface area (Å²) < 4.78 is 0. The lowest BCUT2D eigenvalue weighted by Gasteiger charge is -2.57. The van der Waals surface area contributed by atoms with Crippen molar-refractivity contribution in [1.82, 2.24) is 0 Å². The lowest BCUT2D eigenvalue weighted by atomic mass is 9.48. The third-order valence-electron chi connectivity index (χ3n) is 9.19. The van der Waals surface area contributed by atoms with Crippen molar-refractivity contribution in [2.24, 2.45) is 28.6 Å². The fourth-order valence-corrected chi connectivity index (χ4v) is 7.62. The number of benzene rings is 1. The number of halogens is 1. The molecule has 0 spiro atoms. The van der Waals surface area contributed by atoms with E-state index in [1.165, 1.54) is 12.0 Å². The maximum Gasteiger partial charge on any atom is 0.0809 e. The predicted octanol–water partition coefficient (Wildman–Crippen LogP) is 6.02. The smallest absolute Gasteiger partial charge is 0.0809 e. The van der Waals surface area contributed by atoms with Gasteiger partial charge in [0.05, 0.1) is 12.2 Å². The van der Waals surface area contributed by atoms with Gasteiger partial charge in [0.25, 0.3) is 0 Å². The Balaban J connectivity index is 1.48. The van der Waals surface area contributed by atoms with Crippen LogP contribution in [0.25, 0.3) is 6.08 Å². The Morgan fingerprint density at radius 1 is 1.03 bits per heavy atom. The quantitative estimate of drug-likeness (QED) is 0.554. The number of aliphatic hydroxyl groups is 2. The van der Waals surface area contributed by atoms with Crippen LogP contribution in [0.5, 0.6) is 0 Å². The highest BCUT2D eigenvalue weighted by Gasteiger charge is 2.59. The van der Waals surface area contributed by atoms with E-state index in [0.717, 1.165) is 54.7 Å². The number of rotatable bonds is 1. The monoisotopic (exact) mass is 412 g/mol. The SMILES string of the molecule is C[C@@]12CC[C@H]3[C@@H](CC=C4C[C@@H](O)CC[C@@]43C)[C@H]1C/C(=C\c1ccccc1Cl)[C@@H]2O. The van der Waals surface area contributed by atoms with Crippen LogP contribution in [0, 0.1) is 28.6 Å². The second kappa shape index (κ2) is 6.97. The van der Waals surface area contributed by atoms with Crippen LogP contribution in [0.15, 0.2) is 41.5 Å². The Kier molecular flexibility index (Phi) is 4.77. The lowest BCUT2D eigenvalue weighted by molar-refractivity contribution is -0.0685. The molecular formula is C26H33ClO2. The molecule has 0 aliphatic heterocycles. The minimum atomic E-state index is -0.379. The van der Waals surface area contributed by atoms with Crippen LogP contribution in [0.1, 0.15) is 64.4 Å². The van der Waals surface area contributed by atoms with Crippen molar-refractivity contribution in [1.29, 1.82) is 0 Å². The largest absolute Gasteiger partial charge is 0.393 e. The molecule has 2 nitrogen and oxygen atoms in total. The summed E-state index contributed by atoms with van der Waals surface area (Å²) in [7, 11) is 0. The van der Waals surface area contributed by atoms with Crippen molar-refractivity contribution < 1.29 is 10.2 Å². The maximum absolute atomic E-state index is 11.4. The topological polar surface area (TPSA) is 40.5 Å². The zero-order valence-corrected chi connectivity index (χ0v) is 18.3. The van der Waals surface area contributed by atoms with Gasteiger partial charge in [-0.15, -0.1) is 0 Å². The molecule has 2 N–H and O–H groups in total. The first-order valence-corrected chi connectivity index (χ1v) is 11.7. The van der Waals surface area contributed by atoms with Crippen LogP contribution < -0.4 is 0 Å². The molecule has 0 radical (unpaired) electrons. The van der Waals surface area contributed by atoms with Gasteiger partial charge in [-0.25, -0.2) is 0 Å². The van der Waals surface area contributed by atoms with Crippen LogP contribution in [-0.4, -0.2) is 22.4 Å². The van der Waals surface area contributed by atoms with E-state index in [-0.39, 0.29) is 23.0 Å². The summed E-state index contributed by atoms with van der Waals surface area (Å²) in [6.07, 6.45) is 11.3. The Bertz CT molecular complexity index is 873. The summed E-state index contributed by atoms with van der Waals surface area (Å²) in [6.45, 7) is 4.77. The van der Waals surface area contributed by atoms with E-state index in [4.69, 9.17) is 11.6 Å². The van der Waals surface area contributed by atoms with E-state index >= 15 is 0 Å².